The first-order valence-corrected chi connectivity index (χ1v) is 21.2. The zero-order valence-corrected chi connectivity index (χ0v) is 34.8. The molecule has 2 amide bonds. The van der Waals surface area contributed by atoms with Crippen molar-refractivity contribution in [3.05, 3.63) is 0 Å². The van der Waals surface area contributed by atoms with E-state index in [0.717, 1.165) is 12.8 Å². The molecule has 0 bridgehead atoms. The number of nitrogens with zero attached hydrogens (tertiary/aromatic N) is 5. The van der Waals surface area contributed by atoms with Crippen molar-refractivity contribution < 1.29 is 68.8 Å². The van der Waals surface area contributed by atoms with Crippen molar-refractivity contribution in [3.63, 3.8) is 0 Å². The molecular formula is C39H65BN6O14. The van der Waals surface area contributed by atoms with Gasteiger partial charge in [0.2, 0.25) is 11.8 Å². The van der Waals surface area contributed by atoms with Gasteiger partial charge in [-0.3, -0.25) is 58.0 Å². The normalized spacial score (nSPS) is 22.8. The number of carbonyl (C=O) groups is 8. The Balaban J connectivity index is 1.43. The first kappa shape index (κ1) is 50.3. The number of likely N-dealkylation sites (tertiary alicyclic amines) is 1. The summed E-state index contributed by atoms with van der Waals surface area (Å²) in [7, 11) is -1.63. The number of Topliss-reactive ketones (excluding diaryl/α,β-unsaturated/α-hetero) is 2. The Morgan fingerprint density at radius 3 is 1.58 bits per heavy atom. The second-order valence-corrected chi connectivity index (χ2v) is 16.5. The molecule has 3 aliphatic rings. The summed E-state index contributed by atoms with van der Waals surface area (Å²) < 4.78 is 0. The fourth-order valence-electron chi connectivity index (χ4n) is 8.50. The summed E-state index contributed by atoms with van der Waals surface area (Å²) in [5, 5.41) is 60.5. The van der Waals surface area contributed by atoms with E-state index in [0.29, 0.717) is 51.5 Å². The standard InChI is InChI=1S/C39H65BN6O14/c1-27(38(56)46-15-3-6-33(46)40(59)60)41-37(55)29-10-7-28(8-11-29)9-12-30(47)4-2-5-31(48)13-14-32(39(57)58)45-22-20-43(25-35(51)52)18-16-42(24-34(49)50)17-19-44(21-23-45)26-36(53)54/h27-29,32-33,59-60H,2-26H2,1H3,(H,41,55)(H,49,50)(H,51,52)(H,53,54)(H,57,58)/t27-,28?,29?,32-,33+/m1/s1. The molecule has 2 heterocycles. The molecule has 0 unspecified atom stereocenters. The third-order valence-corrected chi connectivity index (χ3v) is 12.0. The third kappa shape index (κ3) is 17.9. The molecule has 2 aliphatic heterocycles. The fraction of sp³-hybridized carbons (Fsp3) is 0.795. The van der Waals surface area contributed by atoms with E-state index in [1.165, 1.54) is 4.90 Å². The van der Waals surface area contributed by atoms with Crippen LogP contribution < -0.4 is 5.32 Å². The van der Waals surface area contributed by atoms with E-state index < -0.39 is 49.0 Å². The zero-order chi connectivity index (χ0) is 44.4. The maximum Gasteiger partial charge on any atom is 0.475 e. The molecule has 20 nitrogen and oxygen atoms in total. The van der Waals surface area contributed by atoms with E-state index in [-0.39, 0.29) is 133 Å². The van der Waals surface area contributed by atoms with Crippen LogP contribution >= 0.6 is 0 Å². The van der Waals surface area contributed by atoms with E-state index >= 15 is 0 Å². The molecule has 0 aromatic rings. The molecule has 0 spiro atoms. The van der Waals surface area contributed by atoms with Gasteiger partial charge in [0.05, 0.1) is 25.6 Å². The first-order chi connectivity index (χ1) is 28.4. The van der Waals surface area contributed by atoms with Gasteiger partial charge >= 0.3 is 31.0 Å². The van der Waals surface area contributed by atoms with Gasteiger partial charge in [-0.05, 0) is 70.6 Å². The molecule has 7 N–H and O–H groups in total. The molecule has 0 aromatic carbocycles. The maximum absolute atomic E-state index is 12.9. The van der Waals surface area contributed by atoms with Crippen LogP contribution in [0.5, 0.6) is 0 Å². The van der Waals surface area contributed by atoms with Gasteiger partial charge in [-0.2, -0.15) is 0 Å². The van der Waals surface area contributed by atoms with Gasteiger partial charge in [0.15, 0.2) is 0 Å². The van der Waals surface area contributed by atoms with E-state index in [1.807, 2.05) is 0 Å². The Hall–Kier alpha value is -4.02. The molecule has 3 atom stereocenters. The van der Waals surface area contributed by atoms with Gasteiger partial charge in [-0.15, -0.1) is 0 Å². The summed E-state index contributed by atoms with van der Waals surface area (Å²) in [6, 6.07) is -1.90. The number of aliphatic carboxylic acids is 4. The van der Waals surface area contributed by atoms with Crippen LogP contribution in [-0.4, -0.2) is 206 Å². The third-order valence-electron chi connectivity index (χ3n) is 12.0. The lowest BCUT2D eigenvalue weighted by atomic mass is 9.77. The number of ketones is 2. The number of carbonyl (C=O) groups excluding carboxylic acids is 4. The average molecular weight is 853 g/mol. The summed E-state index contributed by atoms with van der Waals surface area (Å²) in [5.74, 6) is -5.83. The summed E-state index contributed by atoms with van der Waals surface area (Å²) in [4.78, 5) is 106. The summed E-state index contributed by atoms with van der Waals surface area (Å²) in [6.45, 7) is 2.28. The van der Waals surface area contributed by atoms with Gasteiger partial charge in [0.25, 0.3) is 0 Å². The van der Waals surface area contributed by atoms with Gasteiger partial charge in [-0.25, -0.2) is 0 Å². The minimum atomic E-state index is -1.63. The van der Waals surface area contributed by atoms with E-state index in [2.05, 4.69) is 5.32 Å². The van der Waals surface area contributed by atoms with Crippen molar-refractivity contribution in [3.8, 4) is 0 Å². The van der Waals surface area contributed by atoms with Crippen LogP contribution in [0.25, 0.3) is 0 Å². The van der Waals surface area contributed by atoms with Gasteiger partial charge in [0.1, 0.15) is 23.7 Å². The highest BCUT2D eigenvalue weighted by Crippen LogP contribution is 2.32. The lowest BCUT2D eigenvalue weighted by Gasteiger charge is -2.35. The highest BCUT2D eigenvalue weighted by Gasteiger charge is 2.39. The number of carboxylic acid groups (broad SMARTS) is 4. The van der Waals surface area contributed by atoms with Crippen LogP contribution in [0.3, 0.4) is 0 Å². The van der Waals surface area contributed by atoms with Crippen molar-refractivity contribution in [2.75, 3.05) is 78.5 Å². The lowest BCUT2D eigenvalue weighted by Crippen LogP contribution is -2.53. The van der Waals surface area contributed by atoms with Crippen molar-refractivity contribution in [2.24, 2.45) is 11.8 Å². The largest absolute Gasteiger partial charge is 0.480 e. The molecule has 3 fully saturated rings. The molecule has 1 saturated carbocycles. The van der Waals surface area contributed by atoms with Crippen LogP contribution in [0.1, 0.15) is 90.4 Å². The van der Waals surface area contributed by atoms with Gasteiger partial charge in [0, 0.05) is 90.5 Å². The minimum Gasteiger partial charge on any atom is -0.480 e. The van der Waals surface area contributed by atoms with Crippen molar-refractivity contribution >= 4 is 54.4 Å². The summed E-state index contributed by atoms with van der Waals surface area (Å²) >= 11 is 0. The number of hydrogen-bond donors (Lipinski definition) is 7. The molecule has 0 aromatic heterocycles. The number of carboxylic acids is 4. The fourth-order valence-corrected chi connectivity index (χ4v) is 8.50. The van der Waals surface area contributed by atoms with E-state index in [9.17, 15) is 68.8 Å². The van der Waals surface area contributed by atoms with Crippen molar-refractivity contribution in [1.82, 2.24) is 29.8 Å². The van der Waals surface area contributed by atoms with Crippen molar-refractivity contribution in [2.45, 2.75) is 108 Å². The Kier molecular flexibility index (Phi) is 21.6. The second kappa shape index (κ2) is 25.7. The molecule has 21 heteroatoms. The number of rotatable bonds is 22. The number of hydrogen-bond acceptors (Lipinski definition) is 14. The predicted molar refractivity (Wildman–Crippen MR) is 216 cm³/mol. The van der Waals surface area contributed by atoms with Gasteiger partial charge in [-0.1, -0.05) is 0 Å². The molecule has 2 saturated heterocycles. The van der Waals surface area contributed by atoms with Crippen LogP contribution in [0.15, 0.2) is 0 Å². The van der Waals surface area contributed by atoms with Crippen LogP contribution in [0.4, 0.5) is 0 Å². The topological polar surface area (TPSA) is 286 Å². The lowest BCUT2D eigenvalue weighted by molar-refractivity contribution is -0.145. The zero-order valence-electron chi connectivity index (χ0n) is 34.8. The smallest absolute Gasteiger partial charge is 0.475 e. The molecule has 338 valence electrons. The maximum atomic E-state index is 12.9. The van der Waals surface area contributed by atoms with Gasteiger partial charge < -0.3 is 40.7 Å². The Bertz CT molecular complexity index is 1450. The predicted octanol–water partition coefficient (Wildman–Crippen LogP) is -0.902. The van der Waals surface area contributed by atoms with Crippen LogP contribution in [0, 0.1) is 11.8 Å². The minimum absolute atomic E-state index is 0.0221. The quantitative estimate of drug-likeness (QED) is 0.0650. The summed E-state index contributed by atoms with van der Waals surface area (Å²) in [6.07, 6.45) is 5.50. The highest BCUT2D eigenvalue weighted by atomic mass is 16.4. The monoisotopic (exact) mass is 852 g/mol. The van der Waals surface area contributed by atoms with Crippen LogP contribution in [-0.2, 0) is 38.4 Å². The number of amides is 2. The molecule has 0 radical (unpaired) electrons. The average Bonchev–Trinajstić information content (AvgIpc) is 3.68. The highest BCUT2D eigenvalue weighted by molar-refractivity contribution is 6.43. The van der Waals surface area contributed by atoms with E-state index in [1.54, 1.807) is 26.5 Å². The molecule has 1 aliphatic carbocycles. The Morgan fingerprint density at radius 1 is 0.633 bits per heavy atom. The molecular weight excluding hydrogens is 787 g/mol. The molecule has 3 rings (SSSR count). The Labute approximate surface area is 351 Å². The number of nitrogens with one attached hydrogen (secondary N) is 1. The second-order valence-electron chi connectivity index (χ2n) is 16.5. The summed E-state index contributed by atoms with van der Waals surface area (Å²) in [5.41, 5.74) is 0. The van der Waals surface area contributed by atoms with Crippen molar-refractivity contribution in [1.29, 1.82) is 0 Å². The Morgan fingerprint density at radius 2 is 1.12 bits per heavy atom. The van der Waals surface area contributed by atoms with Crippen LogP contribution in [0.2, 0.25) is 0 Å². The SMILES string of the molecule is C[C@@H](NC(=O)C1CCC(CCC(=O)CCCC(=O)CC[C@H](C(=O)O)N2CCN(CC(=O)O)CCN(CC(=O)O)CCN(CC(=O)O)CC2)CC1)C(=O)N1CCC[C@H]1B(O)O. The van der Waals surface area contributed by atoms with E-state index in [4.69, 9.17) is 0 Å². The first-order valence-electron chi connectivity index (χ1n) is 21.2. The molecule has 60 heavy (non-hydrogen) atoms.